The fourth-order valence-corrected chi connectivity index (χ4v) is 2.19. The van der Waals surface area contributed by atoms with Gasteiger partial charge in [0.1, 0.15) is 5.82 Å². The number of carbonyl (C=O) groups excluding carboxylic acids is 1. The van der Waals surface area contributed by atoms with Gasteiger partial charge in [-0.3, -0.25) is 4.79 Å². The molecule has 1 aliphatic rings. The third-order valence-corrected chi connectivity index (χ3v) is 3.15. The van der Waals surface area contributed by atoms with Crippen LogP contribution in [0.4, 0.5) is 5.82 Å². The van der Waals surface area contributed by atoms with E-state index in [2.05, 4.69) is 36.4 Å². The van der Waals surface area contributed by atoms with E-state index in [0.717, 1.165) is 31.6 Å². The lowest BCUT2D eigenvalue weighted by Gasteiger charge is -2.18. The zero-order chi connectivity index (χ0) is 13.0. The van der Waals surface area contributed by atoms with Gasteiger partial charge in [-0.2, -0.15) is 5.10 Å². The summed E-state index contributed by atoms with van der Waals surface area (Å²) in [5.41, 5.74) is 0. The number of nitrogens with zero attached hydrogens (tertiary/aromatic N) is 2. The molecule has 2 rings (SSSR count). The first-order valence-corrected chi connectivity index (χ1v) is 6.64. The fraction of sp³-hybridized carbons (Fsp3) is 0.571. The van der Waals surface area contributed by atoms with Crippen LogP contribution in [-0.2, 0) is 11.3 Å². The van der Waals surface area contributed by atoms with E-state index in [4.69, 9.17) is 0 Å². The van der Waals surface area contributed by atoms with Crippen LogP contribution in [0.2, 0.25) is 0 Å². The van der Waals surface area contributed by atoms with Gasteiger partial charge >= 0.3 is 0 Å². The highest BCUT2D eigenvalue weighted by Crippen LogP contribution is 2.20. The second-order valence-electron chi connectivity index (χ2n) is 5.26. The van der Waals surface area contributed by atoms with Crippen molar-refractivity contribution in [3.8, 4) is 0 Å². The number of rotatable bonds is 4. The number of anilines is 1. The van der Waals surface area contributed by atoms with Crippen molar-refractivity contribution in [1.82, 2.24) is 9.78 Å². The van der Waals surface area contributed by atoms with Gasteiger partial charge in [-0.15, -0.1) is 0 Å². The van der Waals surface area contributed by atoms with E-state index in [1.807, 2.05) is 10.7 Å². The summed E-state index contributed by atoms with van der Waals surface area (Å²) >= 11 is 0. The van der Waals surface area contributed by atoms with Crippen LogP contribution in [0.3, 0.4) is 0 Å². The summed E-state index contributed by atoms with van der Waals surface area (Å²) in [6, 6.07) is 1.86. The number of aromatic nitrogens is 2. The van der Waals surface area contributed by atoms with Crippen LogP contribution in [0.1, 0.15) is 33.1 Å². The number of allylic oxidation sites excluding steroid dienone is 2. The van der Waals surface area contributed by atoms with Crippen molar-refractivity contribution in [3.05, 3.63) is 24.4 Å². The molecule has 0 unspecified atom stereocenters. The molecule has 0 aliphatic heterocycles. The maximum absolute atomic E-state index is 12.1. The maximum atomic E-state index is 12.1. The van der Waals surface area contributed by atoms with Crippen molar-refractivity contribution in [2.45, 2.75) is 39.7 Å². The van der Waals surface area contributed by atoms with Gasteiger partial charge in [-0.05, 0) is 25.2 Å². The normalized spacial score (nSPS) is 19.2. The Labute approximate surface area is 108 Å². The highest BCUT2D eigenvalue weighted by Gasteiger charge is 2.19. The number of hydrogen-bond donors (Lipinski definition) is 1. The SMILES string of the molecule is CC(C)Cn1nccc1NC(=O)[C@@H]1CC=CCC1. The minimum atomic E-state index is 0.109. The molecule has 4 heteroatoms. The average Bonchev–Trinajstić information content (AvgIpc) is 2.77. The standard InChI is InChI=1S/C14H21N3O/c1-11(2)10-17-13(8-9-15-17)16-14(18)12-6-4-3-5-7-12/h3-4,8-9,11-12H,5-7,10H2,1-2H3,(H,16,18)/t12-/m1/s1. The molecule has 1 heterocycles. The van der Waals surface area contributed by atoms with Gasteiger partial charge in [-0.25, -0.2) is 4.68 Å². The van der Waals surface area contributed by atoms with Crippen LogP contribution in [0.5, 0.6) is 0 Å². The predicted octanol–water partition coefficient (Wildman–Crippen LogP) is 2.83. The number of hydrogen-bond acceptors (Lipinski definition) is 2. The Morgan fingerprint density at radius 2 is 2.39 bits per heavy atom. The summed E-state index contributed by atoms with van der Waals surface area (Å²) in [6.45, 7) is 5.10. The molecule has 0 bridgehead atoms. The van der Waals surface area contributed by atoms with Gasteiger partial charge < -0.3 is 5.32 Å². The lowest BCUT2D eigenvalue weighted by molar-refractivity contribution is -0.120. The molecule has 0 fully saturated rings. The van der Waals surface area contributed by atoms with E-state index >= 15 is 0 Å². The highest BCUT2D eigenvalue weighted by molar-refractivity contribution is 5.91. The lowest BCUT2D eigenvalue weighted by atomic mass is 9.94. The van der Waals surface area contributed by atoms with Gasteiger partial charge in [0.15, 0.2) is 0 Å². The van der Waals surface area contributed by atoms with Gasteiger partial charge in [0.2, 0.25) is 5.91 Å². The molecule has 1 aromatic heterocycles. The first-order chi connectivity index (χ1) is 8.66. The van der Waals surface area contributed by atoms with Crippen molar-refractivity contribution in [2.75, 3.05) is 5.32 Å². The van der Waals surface area contributed by atoms with Crippen LogP contribution in [-0.4, -0.2) is 15.7 Å². The average molecular weight is 247 g/mol. The molecule has 0 saturated heterocycles. The third-order valence-electron chi connectivity index (χ3n) is 3.15. The Morgan fingerprint density at radius 3 is 3.06 bits per heavy atom. The molecule has 18 heavy (non-hydrogen) atoms. The second kappa shape index (κ2) is 5.85. The summed E-state index contributed by atoms with van der Waals surface area (Å²) in [7, 11) is 0. The molecule has 0 aromatic carbocycles. The van der Waals surface area contributed by atoms with Gasteiger partial charge in [0, 0.05) is 18.5 Å². The quantitative estimate of drug-likeness (QED) is 0.832. The second-order valence-corrected chi connectivity index (χ2v) is 5.26. The van der Waals surface area contributed by atoms with E-state index in [0.29, 0.717) is 5.92 Å². The monoisotopic (exact) mass is 247 g/mol. The molecule has 0 saturated carbocycles. The van der Waals surface area contributed by atoms with Crippen molar-refractivity contribution >= 4 is 11.7 Å². The van der Waals surface area contributed by atoms with E-state index in [1.54, 1.807) is 6.20 Å². The highest BCUT2D eigenvalue weighted by atomic mass is 16.2. The van der Waals surface area contributed by atoms with Gasteiger partial charge in [-0.1, -0.05) is 26.0 Å². The van der Waals surface area contributed by atoms with Crippen LogP contribution in [0.25, 0.3) is 0 Å². The number of amides is 1. The fourth-order valence-electron chi connectivity index (χ4n) is 2.19. The van der Waals surface area contributed by atoms with Crippen LogP contribution >= 0.6 is 0 Å². The van der Waals surface area contributed by atoms with Crippen molar-refractivity contribution in [2.24, 2.45) is 11.8 Å². The van der Waals surface area contributed by atoms with E-state index < -0.39 is 0 Å². The Bertz CT molecular complexity index is 434. The Kier molecular flexibility index (Phi) is 4.18. The molecular formula is C14H21N3O. The van der Waals surface area contributed by atoms with E-state index in [-0.39, 0.29) is 11.8 Å². The molecule has 1 aliphatic carbocycles. The lowest BCUT2D eigenvalue weighted by Crippen LogP contribution is -2.25. The molecular weight excluding hydrogens is 226 g/mol. The Hall–Kier alpha value is -1.58. The van der Waals surface area contributed by atoms with Crippen molar-refractivity contribution in [1.29, 1.82) is 0 Å². The summed E-state index contributed by atoms with van der Waals surface area (Å²) in [5, 5.41) is 7.24. The molecule has 98 valence electrons. The Morgan fingerprint density at radius 1 is 1.56 bits per heavy atom. The zero-order valence-corrected chi connectivity index (χ0v) is 11.1. The predicted molar refractivity (Wildman–Crippen MR) is 72.2 cm³/mol. The molecule has 0 radical (unpaired) electrons. The van der Waals surface area contributed by atoms with Crippen LogP contribution < -0.4 is 5.32 Å². The summed E-state index contributed by atoms with van der Waals surface area (Å²) in [6.07, 6.45) is 8.78. The number of carbonyl (C=O) groups is 1. The topological polar surface area (TPSA) is 46.9 Å². The van der Waals surface area contributed by atoms with Crippen LogP contribution in [0.15, 0.2) is 24.4 Å². The molecule has 1 N–H and O–H groups in total. The Balaban J connectivity index is 1.98. The first kappa shape index (κ1) is 12.9. The third kappa shape index (κ3) is 3.22. The summed E-state index contributed by atoms with van der Waals surface area (Å²) in [4.78, 5) is 12.1. The molecule has 1 amide bonds. The molecule has 1 aromatic rings. The minimum Gasteiger partial charge on any atom is -0.311 e. The van der Waals surface area contributed by atoms with E-state index in [1.165, 1.54) is 0 Å². The summed E-state index contributed by atoms with van der Waals surface area (Å²) in [5.74, 6) is 1.55. The summed E-state index contributed by atoms with van der Waals surface area (Å²) < 4.78 is 1.86. The van der Waals surface area contributed by atoms with Crippen molar-refractivity contribution in [3.63, 3.8) is 0 Å². The van der Waals surface area contributed by atoms with Crippen molar-refractivity contribution < 1.29 is 4.79 Å². The largest absolute Gasteiger partial charge is 0.311 e. The van der Waals surface area contributed by atoms with Gasteiger partial charge in [0.05, 0.1) is 6.20 Å². The van der Waals surface area contributed by atoms with Crippen LogP contribution in [0, 0.1) is 11.8 Å². The zero-order valence-electron chi connectivity index (χ0n) is 11.1. The molecule has 4 nitrogen and oxygen atoms in total. The first-order valence-electron chi connectivity index (χ1n) is 6.64. The van der Waals surface area contributed by atoms with Gasteiger partial charge in [0.25, 0.3) is 0 Å². The minimum absolute atomic E-state index is 0.109. The molecule has 0 spiro atoms. The number of nitrogens with one attached hydrogen (secondary N) is 1. The smallest absolute Gasteiger partial charge is 0.228 e. The maximum Gasteiger partial charge on any atom is 0.228 e. The molecule has 1 atom stereocenters. The van der Waals surface area contributed by atoms with E-state index in [9.17, 15) is 4.79 Å².